The number of aryl methyl sites for hydroxylation is 4. The molecule has 0 spiro atoms. The molecule has 0 bridgehead atoms. The lowest BCUT2D eigenvalue weighted by Crippen LogP contribution is -2.03. The first kappa shape index (κ1) is 12.8. The highest BCUT2D eigenvalue weighted by Crippen LogP contribution is 2.26. The van der Waals surface area contributed by atoms with E-state index in [2.05, 4.69) is 45.0 Å². The van der Waals surface area contributed by atoms with E-state index in [1.165, 1.54) is 16.7 Å². The Morgan fingerprint density at radius 2 is 1.39 bits per heavy atom. The molecule has 0 aliphatic carbocycles. The van der Waals surface area contributed by atoms with E-state index in [9.17, 15) is 5.11 Å². The normalized spacial score (nSPS) is 12.5. The van der Waals surface area contributed by atoms with Gasteiger partial charge in [-0.15, -0.1) is 0 Å². The minimum absolute atomic E-state index is 0.538. The molecule has 0 radical (unpaired) electrons. The average Bonchev–Trinajstić information content (AvgIpc) is 2.26. The van der Waals surface area contributed by atoms with E-state index in [0.717, 1.165) is 16.7 Å². The molecule has 1 heteroatoms. The number of hydrogen-bond donors (Lipinski definition) is 1. The number of benzene rings is 2. The van der Waals surface area contributed by atoms with Gasteiger partial charge in [0.25, 0.3) is 0 Å². The zero-order chi connectivity index (χ0) is 13.3. The summed E-state index contributed by atoms with van der Waals surface area (Å²) in [4.78, 5) is 0. The van der Waals surface area contributed by atoms with Crippen LogP contribution >= 0.6 is 0 Å². The van der Waals surface area contributed by atoms with Gasteiger partial charge in [0.05, 0.1) is 0 Å². The molecule has 0 saturated carbocycles. The zero-order valence-corrected chi connectivity index (χ0v) is 11.5. The van der Waals surface area contributed by atoms with Crippen LogP contribution in [0.1, 0.15) is 39.5 Å². The summed E-state index contributed by atoms with van der Waals surface area (Å²) < 4.78 is 0. The summed E-state index contributed by atoms with van der Waals surface area (Å²) in [7, 11) is 0. The Hall–Kier alpha value is -1.60. The molecule has 18 heavy (non-hydrogen) atoms. The summed E-state index contributed by atoms with van der Waals surface area (Å²) in [6.45, 7) is 8.24. The van der Waals surface area contributed by atoms with E-state index in [0.29, 0.717) is 0 Å². The molecule has 2 aromatic rings. The van der Waals surface area contributed by atoms with Gasteiger partial charge in [-0.3, -0.25) is 0 Å². The van der Waals surface area contributed by atoms with Crippen molar-refractivity contribution >= 4 is 0 Å². The topological polar surface area (TPSA) is 20.2 Å². The molecule has 0 heterocycles. The molecule has 1 unspecified atom stereocenters. The second kappa shape index (κ2) is 4.95. The van der Waals surface area contributed by atoms with E-state index in [1.807, 2.05) is 19.1 Å². The van der Waals surface area contributed by atoms with E-state index in [4.69, 9.17) is 0 Å². The van der Waals surface area contributed by atoms with Gasteiger partial charge in [0.2, 0.25) is 0 Å². The van der Waals surface area contributed by atoms with E-state index >= 15 is 0 Å². The molecule has 0 aliphatic heterocycles. The minimum atomic E-state index is -0.538. The van der Waals surface area contributed by atoms with Crippen molar-refractivity contribution in [3.05, 3.63) is 69.8 Å². The first-order valence-electron chi connectivity index (χ1n) is 6.31. The van der Waals surface area contributed by atoms with Crippen LogP contribution in [0.5, 0.6) is 0 Å². The Kier molecular flexibility index (Phi) is 3.53. The van der Waals surface area contributed by atoms with Crippen molar-refractivity contribution in [1.82, 2.24) is 0 Å². The molecule has 2 aromatic carbocycles. The van der Waals surface area contributed by atoms with Crippen LogP contribution in [0.4, 0.5) is 0 Å². The van der Waals surface area contributed by atoms with Gasteiger partial charge in [0.1, 0.15) is 6.10 Å². The molecule has 0 aromatic heterocycles. The molecular weight excluding hydrogens is 220 g/mol. The summed E-state index contributed by atoms with van der Waals surface area (Å²) in [6, 6.07) is 12.4. The van der Waals surface area contributed by atoms with Gasteiger partial charge in [-0.25, -0.2) is 0 Å². The molecule has 1 atom stereocenters. The highest BCUT2D eigenvalue weighted by Gasteiger charge is 2.13. The van der Waals surface area contributed by atoms with Crippen LogP contribution in [0, 0.1) is 27.7 Å². The van der Waals surface area contributed by atoms with Gasteiger partial charge in [-0.1, -0.05) is 53.1 Å². The molecular formula is C17H20O. The van der Waals surface area contributed by atoms with Crippen molar-refractivity contribution in [3.63, 3.8) is 0 Å². The van der Waals surface area contributed by atoms with Gasteiger partial charge in [0.15, 0.2) is 0 Å². The van der Waals surface area contributed by atoms with E-state index < -0.39 is 6.10 Å². The lowest BCUT2D eigenvalue weighted by molar-refractivity contribution is 0.219. The monoisotopic (exact) mass is 240 g/mol. The van der Waals surface area contributed by atoms with E-state index in [1.54, 1.807) is 0 Å². The first-order chi connectivity index (χ1) is 8.47. The second-order valence-electron chi connectivity index (χ2n) is 5.18. The molecule has 94 valence electrons. The van der Waals surface area contributed by atoms with Crippen LogP contribution in [-0.2, 0) is 0 Å². The Labute approximate surface area is 109 Å². The number of aliphatic hydroxyl groups excluding tert-OH is 1. The van der Waals surface area contributed by atoms with Crippen molar-refractivity contribution < 1.29 is 5.11 Å². The summed E-state index contributed by atoms with van der Waals surface area (Å²) in [6.07, 6.45) is -0.538. The van der Waals surface area contributed by atoms with Gasteiger partial charge >= 0.3 is 0 Å². The van der Waals surface area contributed by atoms with Gasteiger partial charge in [-0.2, -0.15) is 0 Å². The largest absolute Gasteiger partial charge is 0.384 e. The van der Waals surface area contributed by atoms with Crippen molar-refractivity contribution in [2.24, 2.45) is 0 Å². The van der Waals surface area contributed by atoms with Crippen LogP contribution in [0.3, 0.4) is 0 Å². The maximum atomic E-state index is 10.5. The molecule has 0 fully saturated rings. The summed E-state index contributed by atoms with van der Waals surface area (Å²) in [5, 5.41) is 10.5. The zero-order valence-electron chi connectivity index (χ0n) is 11.5. The SMILES string of the molecule is Cc1cc(C)cc(C(O)c2ccc(C)cc2C)c1. The van der Waals surface area contributed by atoms with Crippen LogP contribution in [0.2, 0.25) is 0 Å². The molecule has 1 N–H and O–H groups in total. The fraction of sp³-hybridized carbons (Fsp3) is 0.294. The highest BCUT2D eigenvalue weighted by molar-refractivity contribution is 5.39. The summed E-state index contributed by atoms with van der Waals surface area (Å²) in [5.41, 5.74) is 6.71. The Balaban J connectivity index is 2.44. The third kappa shape index (κ3) is 2.62. The molecule has 0 aliphatic rings. The highest BCUT2D eigenvalue weighted by atomic mass is 16.3. The molecule has 1 nitrogen and oxygen atoms in total. The maximum absolute atomic E-state index is 10.5. The van der Waals surface area contributed by atoms with Gasteiger partial charge in [-0.05, 0) is 44.4 Å². The minimum Gasteiger partial charge on any atom is -0.384 e. The van der Waals surface area contributed by atoms with Crippen LogP contribution in [0.25, 0.3) is 0 Å². The van der Waals surface area contributed by atoms with Gasteiger partial charge in [0, 0.05) is 0 Å². The lowest BCUT2D eigenvalue weighted by atomic mass is 9.94. The van der Waals surface area contributed by atoms with Crippen molar-refractivity contribution in [1.29, 1.82) is 0 Å². The molecule has 0 saturated heterocycles. The fourth-order valence-corrected chi connectivity index (χ4v) is 2.48. The summed E-state index contributed by atoms with van der Waals surface area (Å²) in [5.74, 6) is 0. The Bertz CT molecular complexity index is 550. The molecule has 2 rings (SSSR count). The van der Waals surface area contributed by atoms with Crippen LogP contribution in [-0.4, -0.2) is 5.11 Å². The number of aliphatic hydroxyl groups is 1. The van der Waals surface area contributed by atoms with Crippen LogP contribution < -0.4 is 0 Å². The third-order valence-corrected chi connectivity index (χ3v) is 3.28. The number of hydrogen-bond acceptors (Lipinski definition) is 1. The quantitative estimate of drug-likeness (QED) is 0.841. The van der Waals surface area contributed by atoms with Gasteiger partial charge < -0.3 is 5.11 Å². The molecule has 0 amide bonds. The standard InChI is InChI=1S/C17H20O/c1-11-5-6-16(14(4)8-11)17(18)15-9-12(2)7-13(3)10-15/h5-10,17-18H,1-4H3. The predicted octanol–water partition coefficient (Wildman–Crippen LogP) is 4.00. The van der Waals surface area contributed by atoms with E-state index in [-0.39, 0.29) is 0 Å². The van der Waals surface area contributed by atoms with Crippen LogP contribution in [0.15, 0.2) is 36.4 Å². The third-order valence-electron chi connectivity index (χ3n) is 3.28. The fourth-order valence-electron chi connectivity index (χ4n) is 2.48. The smallest absolute Gasteiger partial charge is 0.104 e. The number of rotatable bonds is 2. The summed E-state index contributed by atoms with van der Waals surface area (Å²) >= 11 is 0. The maximum Gasteiger partial charge on any atom is 0.104 e. The Morgan fingerprint density at radius 1 is 0.778 bits per heavy atom. The van der Waals surface area contributed by atoms with Crippen molar-refractivity contribution in [3.8, 4) is 0 Å². The first-order valence-corrected chi connectivity index (χ1v) is 6.31. The van der Waals surface area contributed by atoms with Crippen molar-refractivity contribution in [2.45, 2.75) is 33.8 Å². The average molecular weight is 240 g/mol. The van der Waals surface area contributed by atoms with Crippen molar-refractivity contribution in [2.75, 3.05) is 0 Å². The predicted molar refractivity (Wildman–Crippen MR) is 75.9 cm³/mol. The second-order valence-corrected chi connectivity index (χ2v) is 5.18. The lowest BCUT2D eigenvalue weighted by Gasteiger charge is -2.16. The Morgan fingerprint density at radius 3 is 1.94 bits per heavy atom.